The van der Waals surface area contributed by atoms with Crippen molar-refractivity contribution < 1.29 is 9.53 Å². The Morgan fingerprint density at radius 3 is 2.21 bits per heavy atom. The number of hydrogen-bond donors (Lipinski definition) is 2. The Morgan fingerprint density at radius 1 is 0.964 bits per heavy atom. The summed E-state index contributed by atoms with van der Waals surface area (Å²) < 4.78 is 5.47. The SMILES string of the molecule is CCCCCC1CCC(c2ccc(OC(=O)c3cc(N)cc(N)c3)cc2)CC1. The molecule has 0 bridgehead atoms. The van der Waals surface area contributed by atoms with Crippen molar-refractivity contribution in [2.75, 3.05) is 11.5 Å². The molecule has 1 aliphatic carbocycles. The maximum Gasteiger partial charge on any atom is 0.343 e. The lowest BCUT2D eigenvalue weighted by Gasteiger charge is -2.29. The second-order valence-electron chi connectivity index (χ2n) is 8.06. The summed E-state index contributed by atoms with van der Waals surface area (Å²) in [5.74, 6) is 1.64. The Morgan fingerprint density at radius 2 is 1.61 bits per heavy atom. The Labute approximate surface area is 168 Å². The van der Waals surface area contributed by atoms with Crippen molar-refractivity contribution in [1.29, 1.82) is 0 Å². The van der Waals surface area contributed by atoms with Gasteiger partial charge in [-0.25, -0.2) is 4.79 Å². The maximum absolute atomic E-state index is 12.3. The topological polar surface area (TPSA) is 78.3 Å². The number of carbonyl (C=O) groups is 1. The fourth-order valence-corrected chi connectivity index (χ4v) is 4.24. The number of esters is 1. The first-order chi connectivity index (χ1) is 13.5. The van der Waals surface area contributed by atoms with Crippen molar-refractivity contribution in [2.24, 2.45) is 5.92 Å². The molecule has 0 spiro atoms. The van der Waals surface area contributed by atoms with Gasteiger partial charge in [0.05, 0.1) is 5.56 Å². The van der Waals surface area contributed by atoms with Crippen molar-refractivity contribution in [2.45, 2.75) is 64.2 Å². The van der Waals surface area contributed by atoms with E-state index < -0.39 is 5.97 Å². The lowest BCUT2D eigenvalue weighted by molar-refractivity contribution is 0.0735. The van der Waals surface area contributed by atoms with Crippen molar-refractivity contribution >= 4 is 17.3 Å². The first kappa shape index (κ1) is 20.2. The average Bonchev–Trinajstić information content (AvgIpc) is 2.69. The number of hydrogen-bond acceptors (Lipinski definition) is 4. The van der Waals surface area contributed by atoms with Crippen LogP contribution < -0.4 is 16.2 Å². The smallest absolute Gasteiger partial charge is 0.343 e. The van der Waals surface area contributed by atoms with E-state index >= 15 is 0 Å². The molecule has 0 unspecified atom stereocenters. The molecular formula is C24H32N2O2. The van der Waals surface area contributed by atoms with Gasteiger partial charge < -0.3 is 16.2 Å². The molecule has 0 heterocycles. The summed E-state index contributed by atoms with van der Waals surface area (Å²) in [5.41, 5.74) is 14.1. The molecule has 1 saturated carbocycles. The standard InChI is InChI=1S/C24H32N2O2/c1-2-3-4-5-17-6-8-18(9-7-17)19-10-12-23(13-11-19)28-24(27)20-14-21(25)16-22(26)15-20/h10-18H,2-9,25-26H2,1H3. The molecule has 0 atom stereocenters. The lowest BCUT2D eigenvalue weighted by atomic mass is 9.77. The first-order valence-corrected chi connectivity index (χ1v) is 10.5. The molecule has 1 fully saturated rings. The van der Waals surface area contributed by atoms with Gasteiger partial charge in [0.15, 0.2) is 0 Å². The van der Waals surface area contributed by atoms with Crippen molar-refractivity contribution in [3.63, 3.8) is 0 Å². The molecule has 2 aromatic carbocycles. The summed E-state index contributed by atoms with van der Waals surface area (Å²) in [5, 5.41) is 0. The number of carbonyl (C=O) groups excluding carboxylic acids is 1. The lowest BCUT2D eigenvalue weighted by Crippen LogP contribution is -2.13. The van der Waals surface area contributed by atoms with E-state index in [-0.39, 0.29) is 0 Å². The summed E-state index contributed by atoms with van der Waals surface area (Å²) in [6.45, 7) is 2.27. The minimum Gasteiger partial charge on any atom is -0.423 e. The largest absolute Gasteiger partial charge is 0.423 e. The molecule has 0 aliphatic heterocycles. The van der Waals surface area contributed by atoms with Crippen LogP contribution in [0.3, 0.4) is 0 Å². The zero-order valence-electron chi connectivity index (χ0n) is 16.8. The fraction of sp³-hybridized carbons (Fsp3) is 0.458. The van der Waals surface area contributed by atoms with Gasteiger partial charge in [0.25, 0.3) is 0 Å². The van der Waals surface area contributed by atoms with Gasteiger partial charge in [-0.3, -0.25) is 0 Å². The zero-order chi connectivity index (χ0) is 19.9. The summed E-state index contributed by atoms with van der Waals surface area (Å²) >= 11 is 0. The van der Waals surface area contributed by atoms with Crippen LogP contribution >= 0.6 is 0 Å². The summed E-state index contributed by atoms with van der Waals surface area (Å²) in [6.07, 6.45) is 10.6. The predicted octanol–water partition coefficient (Wildman–Crippen LogP) is 5.92. The number of benzene rings is 2. The molecular weight excluding hydrogens is 348 g/mol. The number of rotatable bonds is 7. The maximum atomic E-state index is 12.3. The van der Waals surface area contributed by atoms with Crippen molar-refractivity contribution in [1.82, 2.24) is 0 Å². The highest BCUT2D eigenvalue weighted by molar-refractivity contribution is 5.93. The van der Waals surface area contributed by atoms with Crippen LogP contribution in [0.15, 0.2) is 42.5 Å². The van der Waals surface area contributed by atoms with Crippen LogP contribution in [0, 0.1) is 5.92 Å². The third kappa shape index (κ3) is 5.51. The van der Waals surface area contributed by atoms with Crippen LogP contribution in [0.25, 0.3) is 0 Å². The number of nitrogens with two attached hydrogens (primary N) is 2. The molecule has 3 rings (SSSR count). The molecule has 0 aromatic heterocycles. The van der Waals surface area contributed by atoms with Crippen molar-refractivity contribution in [3.8, 4) is 5.75 Å². The van der Waals surface area contributed by atoms with Crippen LogP contribution in [-0.4, -0.2) is 5.97 Å². The summed E-state index contributed by atoms with van der Waals surface area (Å²) in [4.78, 5) is 12.3. The average molecular weight is 381 g/mol. The summed E-state index contributed by atoms with van der Waals surface area (Å²) in [7, 11) is 0. The van der Waals surface area contributed by atoms with E-state index in [2.05, 4.69) is 19.1 Å². The van der Waals surface area contributed by atoms with E-state index in [0.29, 0.717) is 28.6 Å². The monoisotopic (exact) mass is 380 g/mol. The van der Waals surface area contributed by atoms with Crippen molar-refractivity contribution in [3.05, 3.63) is 53.6 Å². The van der Waals surface area contributed by atoms with Crippen LogP contribution in [-0.2, 0) is 0 Å². The van der Waals surface area contributed by atoms with Gasteiger partial charge in [-0.05, 0) is 73.4 Å². The highest BCUT2D eigenvalue weighted by Gasteiger charge is 2.22. The van der Waals surface area contributed by atoms with Gasteiger partial charge in [0, 0.05) is 11.4 Å². The number of ether oxygens (including phenoxy) is 1. The molecule has 4 heteroatoms. The first-order valence-electron chi connectivity index (χ1n) is 10.5. The molecule has 4 N–H and O–H groups in total. The molecule has 150 valence electrons. The van der Waals surface area contributed by atoms with E-state index in [9.17, 15) is 4.79 Å². The predicted molar refractivity (Wildman–Crippen MR) is 116 cm³/mol. The summed E-state index contributed by atoms with van der Waals surface area (Å²) in [6, 6.07) is 12.7. The second-order valence-corrected chi connectivity index (χ2v) is 8.06. The normalized spacial score (nSPS) is 19.3. The third-order valence-corrected chi connectivity index (χ3v) is 5.84. The van der Waals surface area contributed by atoms with Crippen LogP contribution in [0.5, 0.6) is 5.75 Å². The third-order valence-electron chi connectivity index (χ3n) is 5.84. The van der Waals surface area contributed by atoms with E-state index in [1.807, 2.05) is 12.1 Å². The van der Waals surface area contributed by atoms with Gasteiger partial charge in [0.1, 0.15) is 5.75 Å². The van der Waals surface area contributed by atoms with Gasteiger partial charge in [-0.15, -0.1) is 0 Å². The molecule has 0 radical (unpaired) electrons. The van der Waals surface area contributed by atoms with E-state index in [0.717, 1.165) is 5.92 Å². The van der Waals surface area contributed by atoms with Crippen LogP contribution in [0.1, 0.15) is 80.1 Å². The molecule has 4 nitrogen and oxygen atoms in total. The van der Waals surface area contributed by atoms with Crippen LogP contribution in [0.4, 0.5) is 11.4 Å². The fourth-order valence-electron chi connectivity index (χ4n) is 4.24. The van der Waals surface area contributed by atoms with Gasteiger partial charge in [0.2, 0.25) is 0 Å². The number of anilines is 2. The Bertz CT molecular complexity index is 757. The molecule has 2 aromatic rings. The zero-order valence-corrected chi connectivity index (χ0v) is 16.8. The van der Waals surface area contributed by atoms with E-state index in [1.165, 1.54) is 56.9 Å². The van der Waals surface area contributed by atoms with E-state index in [1.54, 1.807) is 18.2 Å². The Kier molecular flexibility index (Phi) is 6.96. The quantitative estimate of drug-likeness (QED) is 0.270. The van der Waals surface area contributed by atoms with Crippen LogP contribution in [0.2, 0.25) is 0 Å². The highest BCUT2D eigenvalue weighted by Crippen LogP contribution is 2.38. The van der Waals surface area contributed by atoms with Gasteiger partial charge >= 0.3 is 5.97 Å². The molecule has 28 heavy (non-hydrogen) atoms. The number of nitrogen functional groups attached to an aromatic ring is 2. The number of unbranched alkanes of at least 4 members (excludes halogenated alkanes) is 2. The van der Waals surface area contributed by atoms with Gasteiger partial charge in [-0.2, -0.15) is 0 Å². The second kappa shape index (κ2) is 9.63. The minimum absolute atomic E-state index is 0.364. The Hall–Kier alpha value is -2.49. The van der Waals surface area contributed by atoms with E-state index in [4.69, 9.17) is 16.2 Å². The Balaban J connectivity index is 1.53. The molecule has 0 amide bonds. The molecule has 1 aliphatic rings. The van der Waals surface area contributed by atoms with Gasteiger partial charge in [-0.1, -0.05) is 44.7 Å². The molecule has 0 saturated heterocycles. The minimum atomic E-state index is -0.445. The highest BCUT2D eigenvalue weighted by atomic mass is 16.5.